The Kier molecular flexibility index (Phi) is 4.27. The first-order chi connectivity index (χ1) is 10.1. The fraction of sp³-hybridized carbons (Fsp3) is 0.588. The lowest BCUT2D eigenvalue weighted by Gasteiger charge is -2.33. The number of hydrogen-bond donors (Lipinski definition) is 2. The van der Waals surface area contributed by atoms with Gasteiger partial charge in [-0.2, -0.15) is 0 Å². The molecule has 0 spiro atoms. The SMILES string of the molecule is Cc1ccc(C)c(NC(=O)CN2CCC3CNCC3C2)c1. The predicted molar refractivity (Wildman–Crippen MR) is 85.5 cm³/mol. The van der Waals surface area contributed by atoms with E-state index in [2.05, 4.69) is 27.7 Å². The van der Waals surface area contributed by atoms with Crippen molar-refractivity contribution in [2.45, 2.75) is 20.3 Å². The molecule has 3 rings (SSSR count). The molecule has 2 heterocycles. The molecule has 0 radical (unpaired) electrons. The van der Waals surface area contributed by atoms with Crippen LogP contribution in [0, 0.1) is 25.7 Å². The molecule has 21 heavy (non-hydrogen) atoms. The lowest BCUT2D eigenvalue weighted by molar-refractivity contribution is -0.117. The number of nitrogens with one attached hydrogen (secondary N) is 2. The van der Waals surface area contributed by atoms with Crippen LogP contribution in [0.4, 0.5) is 5.69 Å². The molecule has 2 saturated heterocycles. The van der Waals surface area contributed by atoms with Gasteiger partial charge < -0.3 is 10.6 Å². The molecule has 114 valence electrons. The van der Waals surface area contributed by atoms with E-state index in [1.807, 2.05) is 19.9 Å². The molecular formula is C17H25N3O. The van der Waals surface area contributed by atoms with Crippen LogP contribution in [0.15, 0.2) is 18.2 Å². The van der Waals surface area contributed by atoms with Gasteiger partial charge in [-0.25, -0.2) is 0 Å². The van der Waals surface area contributed by atoms with E-state index in [9.17, 15) is 4.79 Å². The monoisotopic (exact) mass is 287 g/mol. The van der Waals surface area contributed by atoms with Crippen molar-refractivity contribution in [2.75, 3.05) is 38.0 Å². The van der Waals surface area contributed by atoms with Crippen molar-refractivity contribution in [2.24, 2.45) is 11.8 Å². The molecule has 0 aliphatic carbocycles. The largest absolute Gasteiger partial charge is 0.325 e. The Labute approximate surface area is 126 Å². The normalized spacial score (nSPS) is 25.6. The van der Waals surface area contributed by atoms with Gasteiger partial charge in [0, 0.05) is 12.2 Å². The molecule has 2 N–H and O–H groups in total. The molecule has 4 heteroatoms. The highest BCUT2D eigenvalue weighted by atomic mass is 16.2. The number of nitrogens with zero attached hydrogens (tertiary/aromatic N) is 1. The lowest BCUT2D eigenvalue weighted by atomic mass is 9.89. The maximum atomic E-state index is 12.3. The maximum absolute atomic E-state index is 12.3. The summed E-state index contributed by atoms with van der Waals surface area (Å²) < 4.78 is 0. The number of piperidine rings is 1. The van der Waals surface area contributed by atoms with Crippen LogP contribution in [0.1, 0.15) is 17.5 Å². The highest BCUT2D eigenvalue weighted by Crippen LogP contribution is 2.26. The summed E-state index contributed by atoms with van der Waals surface area (Å²) in [5.74, 6) is 1.66. The molecule has 2 unspecified atom stereocenters. The molecule has 4 nitrogen and oxygen atoms in total. The van der Waals surface area contributed by atoms with Gasteiger partial charge in [-0.15, -0.1) is 0 Å². The minimum absolute atomic E-state index is 0.105. The molecule has 2 aliphatic heterocycles. The van der Waals surface area contributed by atoms with Gasteiger partial charge in [0.25, 0.3) is 0 Å². The second-order valence-corrected chi connectivity index (χ2v) is 6.57. The summed E-state index contributed by atoms with van der Waals surface area (Å²) in [7, 11) is 0. The first-order valence-electron chi connectivity index (χ1n) is 7.92. The van der Waals surface area contributed by atoms with Crippen molar-refractivity contribution in [3.8, 4) is 0 Å². The summed E-state index contributed by atoms with van der Waals surface area (Å²) in [6.45, 7) is 8.96. The highest BCUT2D eigenvalue weighted by molar-refractivity contribution is 5.93. The fourth-order valence-electron chi connectivity index (χ4n) is 3.52. The Morgan fingerprint density at radius 2 is 2.14 bits per heavy atom. The Bertz CT molecular complexity index is 529. The van der Waals surface area contributed by atoms with E-state index in [0.29, 0.717) is 6.54 Å². The number of anilines is 1. The van der Waals surface area contributed by atoms with Gasteiger partial charge in [-0.05, 0) is 68.9 Å². The number of benzene rings is 1. The number of rotatable bonds is 3. The van der Waals surface area contributed by atoms with Gasteiger partial charge in [0.05, 0.1) is 6.54 Å². The average molecular weight is 287 g/mol. The Morgan fingerprint density at radius 3 is 3.00 bits per heavy atom. The zero-order chi connectivity index (χ0) is 14.8. The summed E-state index contributed by atoms with van der Waals surface area (Å²) in [6, 6.07) is 6.17. The van der Waals surface area contributed by atoms with Gasteiger partial charge in [-0.1, -0.05) is 12.1 Å². The minimum atomic E-state index is 0.105. The van der Waals surface area contributed by atoms with Gasteiger partial charge >= 0.3 is 0 Å². The van der Waals surface area contributed by atoms with E-state index >= 15 is 0 Å². The van der Waals surface area contributed by atoms with Gasteiger partial charge in [-0.3, -0.25) is 9.69 Å². The van der Waals surface area contributed by atoms with Crippen LogP contribution >= 0.6 is 0 Å². The topological polar surface area (TPSA) is 44.4 Å². The van der Waals surface area contributed by atoms with Gasteiger partial charge in [0.15, 0.2) is 0 Å². The lowest BCUT2D eigenvalue weighted by Crippen LogP contribution is -2.43. The van der Waals surface area contributed by atoms with Crippen molar-refractivity contribution in [3.05, 3.63) is 29.3 Å². The van der Waals surface area contributed by atoms with Crippen molar-refractivity contribution in [3.63, 3.8) is 0 Å². The third-order valence-electron chi connectivity index (χ3n) is 4.82. The molecule has 0 bridgehead atoms. The Morgan fingerprint density at radius 1 is 1.33 bits per heavy atom. The van der Waals surface area contributed by atoms with Crippen LogP contribution in [-0.4, -0.2) is 43.5 Å². The summed E-state index contributed by atoms with van der Waals surface area (Å²) in [5, 5.41) is 6.53. The number of aryl methyl sites for hydroxylation is 2. The number of amides is 1. The summed E-state index contributed by atoms with van der Waals surface area (Å²) in [4.78, 5) is 14.6. The summed E-state index contributed by atoms with van der Waals surface area (Å²) in [5.41, 5.74) is 3.24. The van der Waals surface area contributed by atoms with E-state index < -0.39 is 0 Å². The van der Waals surface area contributed by atoms with E-state index in [1.54, 1.807) is 0 Å². The van der Waals surface area contributed by atoms with Crippen molar-refractivity contribution in [1.29, 1.82) is 0 Å². The number of hydrogen-bond acceptors (Lipinski definition) is 3. The summed E-state index contributed by atoms with van der Waals surface area (Å²) in [6.07, 6.45) is 1.22. The van der Waals surface area contributed by atoms with Crippen LogP contribution in [0.25, 0.3) is 0 Å². The van der Waals surface area contributed by atoms with Crippen LogP contribution in [0.5, 0.6) is 0 Å². The zero-order valence-corrected chi connectivity index (χ0v) is 13.0. The standard InChI is InChI=1S/C17H25N3O/c1-12-3-4-13(2)16(7-12)19-17(21)11-20-6-5-14-8-18-9-15(14)10-20/h3-4,7,14-15,18H,5-6,8-11H2,1-2H3,(H,19,21). The predicted octanol–water partition coefficient (Wildman–Crippen LogP) is 1.78. The molecule has 0 saturated carbocycles. The first kappa shape index (κ1) is 14.5. The number of carbonyl (C=O) groups is 1. The van der Waals surface area contributed by atoms with E-state index in [1.165, 1.54) is 12.0 Å². The second-order valence-electron chi connectivity index (χ2n) is 6.57. The minimum Gasteiger partial charge on any atom is -0.325 e. The van der Waals surface area contributed by atoms with Crippen molar-refractivity contribution >= 4 is 11.6 Å². The number of likely N-dealkylation sites (tertiary alicyclic amines) is 1. The molecule has 2 fully saturated rings. The van der Waals surface area contributed by atoms with E-state index in [-0.39, 0.29) is 5.91 Å². The maximum Gasteiger partial charge on any atom is 0.238 e. The highest BCUT2D eigenvalue weighted by Gasteiger charge is 2.33. The van der Waals surface area contributed by atoms with Crippen LogP contribution in [-0.2, 0) is 4.79 Å². The van der Waals surface area contributed by atoms with Gasteiger partial charge in [0.1, 0.15) is 0 Å². The molecular weight excluding hydrogens is 262 g/mol. The summed E-state index contributed by atoms with van der Waals surface area (Å²) >= 11 is 0. The second kappa shape index (κ2) is 6.16. The van der Waals surface area contributed by atoms with E-state index in [0.717, 1.165) is 49.3 Å². The average Bonchev–Trinajstić information content (AvgIpc) is 2.90. The van der Waals surface area contributed by atoms with Crippen LogP contribution in [0.3, 0.4) is 0 Å². The Hall–Kier alpha value is -1.39. The number of carbonyl (C=O) groups excluding carboxylic acids is 1. The van der Waals surface area contributed by atoms with Crippen LogP contribution < -0.4 is 10.6 Å². The van der Waals surface area contributed by atoms with Crippen molar-refractivity contribution in [1.82, 2.24) is 10.2 Å². The smallest absolute Gasteiger partial charge is 0.238 e. The first-order valence-corrected chi connectivity index (χ1v) is 7.92. The molecule has 1 aromatic rings. The molecule has 2 atom stereocenters. The third kappa shape index (κ3) is 3.44. The third-order valence-corrected chi connectivity index (χ3v) is 4.82. The van der Waals surface area contributed by atoms with Crippen LogP contribution in [0.2, 0.25) is 0 Å². The zero-order valence-electron chi connectivity index (χ0n) is 13.0. The molecule has 1 aromatic carbocycles. The molecule has 1 amide bonds. The van der Waals surface area contributed by atoms with E-state index in [4.69, 9.17) is 0 Å². The molecule has 2 aliphatic rings. The fourth-order valence-corrected chi connectivity index (χ4v) is 3.52. The quantitative estimate of drug-likeness (QED) is 0.891. The number of fused-ring (bicyclic) bond motifs is 1. The van der Waals surface area contributed by atoms with Crippen molar-refractivity contribution < 1.29 is 4.79 Å². The van der Waals surface area contributed by atoms with Gasteiger partial charge in [0.2, 0.25) is 5.91 Å². The molecule has 0 aromatic heterocycles. The Balaban J connectivity index is 1.55.